The number of tetrazole rings is 1. The first kappa shape index (κ1) is 18.6. The van der Waals surface area contributed by atoms with Crippen molar-refractivity contribution < 1.29 is 0 Å². The summed E-state index contributed by atoms with van der Waals surface area (Å²) in [5.41, 5.74) is 5.15. The third kappa shape index (κ3) is 3.17. The molecule has 0 aliphatic rings. The van der Waals surface area contributed by atoms with E-state index < -0.39 is 5.92 Å². The van der Waals surface area contributed by atoms with Gasteiger partial charge in [-0.15, -0.1) is 5.10 Å². The van der Waals surface area contributed by atoms with Crippen molar-refractivity contribution in [2.75, 3.05) is 0 Å². The standard InChI is InChI=1S/C23H13Cl2N5/c24-17-7-4-14(5-8-17)21(13-26)16-6-9-22-20(11-16)19(12-23-27-28-29-30(22)23)15-2-1-3-18(25)10-15/h1-12,21H. The lowest BCUT2D eigenvalue weighted by Crippen LogP contribution is -2.00. The summed E-state index contributed by atoms with van der Waals surface area (Å²) in [6.45, 7) is 0. The van der Waals surface area contributed by atoms with Gasteiger partial charge in [0.2, 0.25) is 0 Å². The summed E-state index contributed by atoms with van der Waals surface area (Å²) in [6.07, 6.45) is 0. The fraction of sp³-hybridized carbons (Fsp3) is 0.0435. The molecule has 0 amide bonds. The number of pyridine rings is 1. The molecule has 1 atom stereocenters. The van der Waals surface area contributed by atoms with Crippen LogP contribution in [0.3, 0.4) is 0 Å². The van der Waals surface area contributed by atoms with Gasteiger partial charge in [-0.05, 0) is 75.1 Å². The van der Waals surface area contributed by atoms with Crippen molar-refractivity contribution in [3.8, 4) is 17.2 Å². The summed E-state index contributed by atoms with van der Waals surface area (Å²) in [5, 5.41) is 24.1. The van der Waals surface area contributed by atoms with E-state index in [1.54, 1.807) is 16.6 Å². The predicted octanol–water partition coefficient (Wildman–Crippen LogP) is 5.91. The summed E-state index contributed by atoms with van der Waals surface area (Å²) in [5.74, 6) is -0.427. The Morgan fingerprint density at radius 2 is 1.67 bits per heavy atom. The van der Waals surface area contributed by atoms with Gasteiger partial charge in [0.05, 0.1) is 17.5 Å². The van der Waals surface area contributed by atoms with Gasteiger partial charge in [0.25, 0.3) is 0 Å². The van der Waals surface area contributed by atoms with E-state index in [1.807, 2.05) is 60.7 Å². The third-order valence-electron chi connectivity index (χ3n) is 5.11. The summed E-state index contributed by atoms with van der Waals surface area (Å²) in [7, 11) is 0. The summed E-state index contributed by atoms with van der Waals surface area (Å²) < 4.78 is 1.69. The largest absolute Gasteiger partial charge is 0.197 e. The molecule has 0 spiro atoms. The number of nitrogens with zero attached hydrogens (tertiary/aromatic N) is 5. The SMILES string of the molecule is N#CC(c1ccc(Cl)cc1)c1ccc2c(c1)c(-c1cccc(Cl)c1)cc1nnnn12. The minimum atomic E-state index is -0.427. The summed E-state index contributed by atoms with van der Waals surface area (Å²) in [6, 6.07) is 25.2. The van der Waals surface area contributed by atoms with Gasteiger partial charge in [0.1, 0.15) is 0 Å². The quantitative estimate of drug-likeness (QED) is 0.357. The molecule has 5 rings (SSSR count). The highest BCUT2D eigenvalue weighted by Crippen LogP contribution is 2.34. The molecule has 144 valence electrons. The van der Waals surface area contributed by atoms with E-state index in [9.17, 15) is 5.26 Å². The number of halogens is 2. The number of fused-ring (bicyclic) bond motifs is 3. The summed E-state index contributed by atoms with van der Waals surface area (Å²) in [4.78, 5) is 0. The Hall–Kier alpha value is -3.46. The molecule has 0 N–H and O–H groups in total. The Kier molecular flexibility index (Phi) is 4.59. The van der Waals surface area contributed by atoms with Crippen LogP contribution in [0.15, 0.2) is 72.8 Å². The molecule has 7 heteroatoms. The van der Waals surface area contributed by atoms with E-state index in [2.05, 4.69) is 21.6 Å². The van der Waals surface area contributed by atoms with Crippen molar-refractivity contribution in [3.63, 3.8) is 0 Å². The molecule has 3 aromatic carbocycles. The first-order valence-corrected chi connectivity index (χ1v) is 9.95. The van der Waals surface area contributed by atoms with Crippen LogP contribution in [0.25, 0.3) is 27.7 Å². The van der Waals surface area contributed by atoms with Crippen molar-refractivity contribution in [1.82, 2.24) is 20.0 Å². The molecule has 1 unspecified atom stereocenters. The Morgan fingerprint density at radius 3 is 2.43 bits per heavy atom. The fourth-order valence-electron chi connectivity index (χ4n) is 3.69. The molecular weight excluding hydrogens is 417 g/mol. The second-order valence-electron chi connectivity index (χ2n) is 6.91. The van der Waals surface area contributed by atoms with Gasteiger partial charge in [-0.3, -0.25) is 0 Å². The van der Waals surface area contributed by atoms with Gasteiger partial charge in [0.15, 0.2) is 5.65 Å². The van der Waals surface area contributed by atoms with Crippen LogP contribution in [0.1, 0.15) is 17.0 Å². The molecule has 5 aromatic rings. The highest BCUT2D eigenvalue weighted by molar-refractivity contribution is 6.31. The number of hydrogen-bond acceptors (Lipinski definition) is 4. The van der Waals surface area contributed by atoms with Crippen LogP contribution in [0.5, 0.6) is 0 Å². The lowest BCUT2D eigenvalue weighted by Gasteiger charge is -2.14. The average molecular weight is 430 g/mol. The molecule has 30 heavy (non-hydrogen) atoms. The number of rotatable bonds is 3. The molecule has 0 bridgehead atoms. The van der Waals surface area contributed by atoms with Crippen molar-refractivity contribution >= 4 is 39.8 Å². The second kappa shape index (κ2) is 7.42. The molecule has 2 heterocycles. The highest BCUT2D eigenvalue weighted by Gasteiger charge is 2.17. The number of nitriles is 1. The highest BCUT2D eigenvalue weighted by atomic mass is 35.5. The maximum absolute atomic E-state index is 9.90. The van der Waals surface area contributed by atoms with Crippen molar-refractivity contribution in [3.05, 3.63) is 94.0 Å². The van der Waals surface area contributed by atoms with Crippen LogP contribution in [0.4, 0.5) is 0 Å². The molecule has 0 saturated heterocycles. The van der Waals surface area contributed by atoms with Crippen molar-refractivity contribution in [1.29, 1.82) is 5.26 Å². The minimum Gasteiger partial charge on any atom is -0.197 e. The van der Waals surface area contributed by atoms with Crippen molar-refractivity contribution in [2.24, 2.45) is 0 Å². The van der Waals surface area contributed by atoms with Crippen LogP contribution >= 0.6 is 23.2 Å². The summed E-state index contributed by atoms with van der Waals surface area (Å²) >= 11 is 12.3. The molecule has 0 saturated carbocycles. The van der Waals surface area contributed by atoms with Gasteiger partial charge in [0, 0.05) is 15.4 Å². The van der Waals surface area contributed by atoms with Gasteiger partial charge >= 0.3 is 0 Å². The Morgan fingerprint density at radius 1 is 0.867 bits per heavy atom. The smallest absolute Gasteiger partial charge is 0.180 e. The van der Waals surface area contributed by atoms with Crippen LogP contribution in [0.2, 0.25) is 10.0 Å². The van der Waals surface area contributed by atoms with E-state index in [4.69, 9.17) is 23.2 Å². The van der Waals surface area contributed by atoms with Crippen LogP contribution < -0.4 is 0 Å². The predicted molar refractivity (Wildman–Crippen MR) is 118 cm³/mol. The number of hydrogen-bond donors (Lipinski definition) is 0. The van der Waals surface area contributed by atoms with Gasteiger partial charge < -0.3 is 0 Å². The second-order valence-corrected chi connectivity index (χ2v) is 7.78. The fourth-order valence-corrected chi connectivity index (χ4v) is 4.00. The maximum atomic E-state index is 9.90. The Bertz CT molecular complexity index is 1430. The van der Waals surface area contributed by atoms with E-state index in [-0.39, 0.29) is 0 Å². The lowest BCUT2D eigenvalue weighted by molar-refractivity contribution is 0.841. The van der Waals surface area contributed by atoms with Gasteiger partial charge in [-0.1, -0.05) is 53.5 Å². The van der Waals surface area contributed by atoms with Crippen LogP contribution in [-0.4, -0.2) is 20.0 Å². The third-order valence-corrected chi connectivity index (χ3v) is 5.59. The maximum Gasteiger partial charge on any atom is 0.180 e. The monoisotopic (exact) mass is 429 g/mol. The van der Waals surface area contributed by atoms with E-state index >= 15 is 0 Å². The van der Waals surface area contributed by atoms with Crippen LogP contribution in [-0.2, 0) is 0 Å². The van der Waals surface area contributed by atoms with Crippen molar-refractivity contribution in [2.45, 2.75) is 5.92 Å². The number of aromatic nitrogens is 4. The molecule has 0 radical (unpaired) electrons. The average Bonchev–Trinajstić information content (AvgIpc) is 3.24. The molecule has 0 aliphatic carbocycles. The molecule has 2 aromatic heterocycles. The molecule has 5 nitrogen and oxygen atoms in total. The zero-order valence-electron chi connectivity index (χ0n) is 15.5. The van der Waals surface area contributed by atoms with Crippen LogP contribution in [0, 0.1) is 11.3 Å². The van der Waals surface area contributed by atoms with E-state index in [0.717, 1.165) is 33.2 Å². The Labute approximate surface area is 182 Å². The molecule has 0 aliphatic heterocycles. The van der Waals surface area contributed by atoms with Gasteiger partial charge in [-0.25, -0.2) is 0 Å². The normalized spacial score (nSPS) is 12.2. The zero-order chi connectivity index (χ0) is 20.7. The molecular formula is C23H13Cl2N5. The van der Waals surface area contributed by atoms with E-state index in [1.165, 1.54) is 0 Å². The number of benzene rings is 3. The van der Waals surface area contributed by atoms with Gasteiger partial charge in [-0.2, -0.15) is 9.78 Å². The zero-order valence-corrected chi connectivity index (χ0v) is 17.0. The molecule has 0 fully saturated rings. The Balaban J connectivity index is 1.77. The topological polar surface area (TPSA) is 66.9 Å². The van der Waals surface area contributed by atoms with E-state index in [0.29, 0.717) is 15.7 Å². The first-order valence-electron chi connectivity index (χ1n) is 9.20. The lowest BCUT2D eigenvalue weighted by atomic mass is 9.90. The minimum absolute atomic E-state index is 0.427. The first-order chi connectivity index (χ1) is 14.6.